The van der Waals surface area contributed by atoms with E-state index in [9.17, 15) is 9.18 Å². The molecular weight excluding hydrogens is 365 g/mol. The molecule has 1 atom stereocenters. The first-order valence-electron chi connectivity index (χ1n) is 9.80. The SMILES string of the molecule is CN1Cc2ccccc2C[C@@H]1C(=O)N(Cc1ccc(F)cc1)Cc1ccccn1. The van der Waals surface area contributed by atoms with Crippen LogP contribution in [0.5, 0.6) is 0 Å². The van der Waals surface area contributed by atoms with Crippen molar-refractivity contribution in [2.24, 2.45) is 0 Å². The van der Waals surface area contributed by atoms with Crippen LogP contribution in [0.15, 0.2) is 72.9 Å². The zero-order valence-electron chi connectivity index (χ0n) is 16.5. The molecule has 0 fully saturated rings. The molecule has 0 unspecified atom stereocenters. The van der Waals surface area contributed by atoms with Gasteiger partial charge in [-0.05, 0) is 54.4 Å². The van der Waals surface area contributed by atoms with Crippen LogP contribution in [0, 0.1) is 5.82 Å². The lowest BCUT2D eigenvalue weighted by molar-refractivity contribution is -0.138. The molecule has 4 rings (SSSR count). The van der Waals surface area contributed by atoms with Crippen molar-refractivity contribution in [3.63, 3.8) is 0 Å². The number of likely N-dealkylation sites (N-methyl/N-ethyl adjacent to an activating group) is 1. The Bertz CT molecular complexity index is 975. The number of pyridine rings is 1. The molecule has 1 aliphatic rings. The number of hydrogen-bond donors (Lipinski definition) is 0. The van der Waals surface area contributed by atoms with E-state index in [-0.39, 0.29) is 17.8 Å². The van der Waals surface area contributed by atoms with Gasteiger partial charge in [-0.3, -0.25) is 14.7 Å². The molecule has 0 spiro atoms. The second-order valence-electron chi connectivity index (χ2n) is 7.55. The molecule has 2 heterocycles. The lowest BCUT2D eigenvalue weighted by atomic mass is 9.93. The lowest BCUT2D eigenvalue weighted by Crippen LogP contribution is -2.49. The number of carbonyl (C=O) groups excluding carboxylic acids is 1. The number of aromatic nitrogens is 1. The predicted octanol–water partition coefficient (Wildman–Crippen LogP) is 3.81. The molecule has 0 aliphatic carbocycles. The van der Waals surface area contributed by atoms with Gasteiger partial charge in [-0.2, -0.15) is 0 Å². The first kappa shape index (κ1) is 19.3. The maximum atomic E-state index is 13.6. The fourth-order valence-corrected chi connectivity index (χ4v) is 3.85. The summed E-state index contributed by atoms with van der Waals surface area (Å²) in [5.74, 6) is -0.211. The fourth-order valence-electron chi connectivity index (χ4n) is 3.85. The Kier molecular flexibility index (Phi) is 5.67. The summed E-state index contributed by atoms with van der Waals surface area (Å²) in [7, 11) is 2.00. The molecule has 4 nitrogen and oxygen atoms in total. The Morgan fingerprint density at radius 2 is 1.76 bits per heavy atom. The second-order valence-corrected chi connectivity index (χ2v) is 7.55. The molecule has 0 saturated heterocycles. The number of amides is 1. The predicted molar refractivity (Wildman–Crippen MR) is 110 cm³/mol. The zero-order valence-corrected chi connectivity index (χ0v) is 16.5. The number of benzene rings is 2. The smallest absolute Gasteiger partial charge is 0.240 e. The van der Waals surface area contributed by atoms with E-state index in [1.807, 2.05) is 42.3 Å². The minimum Gasteiger partial charge on any atom is -0.331 e. The topological polar surface area (TPSA) is 36.4 Å². The molecule has 3 aromatic rings. The molecule has 1 aromatic heterocycles. The van der Waals surface area contributed by atoms with Crippen LogP contribution in [0.3, 0.4) is 0 Å². The van der Waals surface area contributed by atoms with Gasteiger partial charge in [0, 0.05) is 19.3 Å². The quantitative estimate of drug-likeness (QED) is 0.666. The highest BCUT2D eigenvalue weighted by molar-refractivity contribution is 5.82. The van der Waals surface area contributed by atoms with Crippen LogP contribution < -0.4 is 0 Å². The lowest BCUT2D eigenvalue weighted by Gasteiger charge is -2.36. The third kappa shape index (κ3) is 4.51. The Balaban J connectivity index is 1.59. The molecule has 148 valence electrons. The molecule has 2 aromatic carbocycles. The van der Waals surface area contributed by atoms with Crippen LogP contribution in [0.2, 0.25) is 0 Å². The van der Waals surface area contributed by atoms with Gasteiger partial charge < -0.3 is 4.90 Å². The van der Waals surface area contributed by atoms with E-state index >= 15 is 0 Å². The number of halogens is 1. The first-order valence-corrected chi connectivity index (χ1v) is 9.80. The highest BCUT2D eigenvalue weighted by Gasteiger charge is 2.32. The van der Waals surface area contributed by atoms with Crippen molar-refractivity contribution >= 4 is 5.91 Å². The summed E-state index contributed by atoms with van der Waals surface area (Å²) in [5, 5.41) is 0. The van der Waals surface area contributed by atoms with Crippen molar-refractivity contribution in [3.05, 3.63) is 101 Å². The Morgan fingerprint density at radius 3 is 2.48 bits per heavy atom. The van der Waals surface area contributed by atoms with E-state index in [1.165, 1.54) is 23.3 Å². The first-order chi connectivity index (χ1) is 14.1. The summed E-state index contributed by atoms with van der Waals surface area (Å²) in [6.45, 7) is 1.59. The van der Waals surface area contributed by atoms with Gasteiger partial charge in [0.1, 0.15) is 5.82 Å². The molecule has 0 radical (unpaired) electrons. The molecule has 0 saturated carbocycles. The largest absolute Gasteiger partial charge is 0.331 e. The molecule has 5 heteroatoms. The normalized spacial score (nSPS) is 16.3. The number of fused-ring (bicyclic) bond motifs is 1. The molecule has 1 amide bonds. The summed E-state index contributed by atoms with van der Waals surface area (Å²) < 4.78 is 13.3. The van der Waals surface area contributed by atoms with Crippen LogP contribution in [0.25, 0.3) is 0 Å². The molecule has 0 N–H and O–H groups in total. The minimum atomic E-state index is -0.278. The summed E-state index contributed by atoms with van der Waals surface area (Å²) >= 11 is 0. The number of hydrogen-bond acceptors (Lipinski definition) is 3. The standard InChI is InChI=1S/C24H24FN3O/c1-27-16-20-7-3-2-6-19(20)14-23(27)24(29)28(17-22-8-4-5-13-26-22)15-18-9-11-21(25)12-10-18/h2-13,23H,14-17H2,1H3/t23-/m1/s1. The van der Waals surface area contributed by atoms with E-state index in [4.69, 9.17) is 0 Å². The van der Waals surface area contributed by atoms with Gasteiger partial charge in [-0.25, -0.2) is 4.39 Å². The van der Waals surface area contributed by atoms with Crippen molar-refractivity contribution < 1.29 is 9.18 Å². The molecule has 29 heavy (non-hydrogen) atoms. The highest BCUT2D eigenvalue weighted by atomic mass is 19.1. The molecule has 1 aliphatic heterocycles. The number of rotatable bonds is 5. The van der Waals surface area contributed by atoms with Gasteiger partial charge in [-0.15, -0.1) is 0 Å². The van der Waals surface area contributed by atoms with Crippen molar-refractivity contribution in [2.45, 2.75) is 32.1 Å². The van der Waals surface area contributed by atoms with Crippen molar-refractivity contribution in [3.8, 4) is 0 Å². The van der Waals surface area contributed by atoms with Crippen LogP contribution >= 0.6 is 0 Å². The van der Waals surface area contributed by atoms with E-state index in [0.717, 1.165) is 17.8 Å². The third-order valence-electron chi connectivity index (χ3n) is 5.45. The Hall–Kier alpha value is -3.05. The van der Waals surface area contributed by atoms with Gasteiger partial charge in [0.25, 0.3) is 0 Å². The summed E-state index contributed by atoms with van der Waals surface area (Å²) in [4.78, 5) is 21.9. The second kappa shape index (κ2) is 8.53. The minimum absolute atomic E-state index is 0.0666. The molecule has 0 bridgehead atoms. The van der Waals surface area contributed by atoms with E-state index in [0.29, 0.717) is 19.5 Å². The third-order valence-corrected chi connectivity index (χ3v) is 5.45. The maximum Gasteiger partial charge on any atom is 0.240 e. The zero-order chi connectivity index (χ0) is 20.2. The summed E-state index contributed by atoms with van der Waals surface area (Å²) in [6.07, 6.45) is 2.42. The van der Waals surface area contributed by atoms with Crippen molar-refractivity contribution in [1.29, 1.82) is 0 Å². The highest BCUT2D eigenvalue weighted by Crippen LogP contribution is 2.24. The van der Waals surface area contributed by atoms with E-state index < -0.39 is 0 Å². The Labute approximate surface area is 170 Å². The van der Waals surface area contributed by atoms with Crippen molar-refractivity contribution in [2.75, 3.05) is 7.05 Å². The summed E-state index contributed by atoms with van der Waals surface area (Å²) in [6, 6.07) is 20.1. The van der Waals surface area contributed by atoms with E-state index in [1.54, 1.807) is 18.3 Å². The Morgan fingerprint density at radius 1 is 1.03 bits per heavy atom. The van der Waals surface area contributed by atoms with Crippen LogP contribution in [0.4, 0.5) is 4.39 Å². The molecular formula is C24H24FN3O. The van der Waals surface area contributed by atoms with Gasteiger partial charge in [0.05, 0.1) is 18.3 Å². The van der Waals surface area contributed by atoms with E-state index in [2.05, 4.69) is 22.0 Å². The van der Waals surface area contributed by atoms with Crippen LogP contribution in [-0.2, 0) is 30.8 Å². The fraction of sp³-hybridized carbons (Fsp3) is 0.250. The van der Waals surface area contributed by atoms with Crippen LogP contribution in [0.1, 0.15) is 22.4 Å². The van der Waals surface area contributed by atoms with Crippen LogP contribution in [-0.4, -0.2) is 33.8 Å². The number of carbonyl (C=O) groups is 1. The van der Waals surface area contributed by atoms with Gasteiger partial charge in [0.2, 0.25) is 5.91 Å². The van der Waals surface area contributed by atoms with Gasteiger partial charge >= 0.3 is 0 Å². The number of nitrogens with zero attached hydrogens (tertiary/aromatic N) is 3. The van der Waals surface area contributed by atoms with Gasteiger partial charge in [-0.1, -0.05) is 42.5 Å². The maximum absolute atomic E-state index is 13.6. The van der Waals surface area contributed by atoms with Crippen molar-refractivity contribution in [1.82, 2.24) is 14.8 Å². The average Bonchev–Trinajstić information content (AvgIpc) is 2.74. The monoisotopic (exact) mass is 389 g/mol. The van der Waals surface area contributed by atoms with Gasteiger partial charge in [0.15, 0.2) is 0 Å². The average molecular weight is 389 g/mol. The summed E-state index contributed by atoms with van der Waals surface area (Å²) in [5.41, 5.74) is 4.23.